The molecule has 0 bridgehead atoms. The minimum atomic E-state index is 0.883. The van der Waals surface area contributed by atoms with Gasteiger partial charge in [-0.2, -0.15) is 0 Å². The van der Waals surface area contributed by atoms with E-state index in [-0.39, 0.29) is 0 Å². The largest absolute Gasteiger partial charge is 0.497 e. The molecule has 1 N–H and O–H groups in total. The summed E-state index contributed by atoms with van der Waals surface area (Å²) < 4.78 is 5.08. The first kappa shape index (κ1) is 8.65. The van der Waals surface area contributed by atoms with Crippen LogP contribution in [0.5, 0.6) is 5.75 Å². The lowest BCUT2D eigenvalue weighted by molar-refractivity contribution is 0.414. The maximum atomic E-state index is 5.08. The molecule has 0 saturated heterocycles. The van der Waals surface area contributed by atoms with Gasteiger partial charge in [-0.3, -0.25) is 0 Å². The van der Waals surface area contributed by atoms with Crippen molar-refractivity contribution in [3.8, 4) is 5.75 Å². The molecule has 0 unspecified atom stereocenters. The number of hydrogen-bond donors (Lipinski definition) is 1. The van der Waals surface area contributed by atoms with Crippen LogP contribution in [0.4, 0.5) is 0 Å². The molecule has 0 radical (unpaired) electrons. The lowest BCUT2D eigenvalue weighted by Gasteiger charge is -1.99. The van der Waals surface area contributed by atoms with E-state index in [9.17, 15) is 0 Å². The summed E-state index contributed by atoms with van der Waals surface area (Å²) >= 11 is 0. The normalized spacial score (nSPS) is 10.2. The van der Waals surface area contributed by atoms with Crippen molar-refractivity contribution < 1.29 is 4.74 Å². The predicted octanol–water partition coefficient (Wildman–Crippen LogP) is 1.89. The first-order valence-electron chi connectivity index (χ1n) is 3.84. The number of methoxy groups -OCH3 is 1. The molecule has 1 rings (SSSR count). The van der Waals surface area contributed by atoms with Gasteiger partial charge >= 0.3 is 0 Å². The van der Waals surface area contributed by atoms with Gasteiger partial charge in [-0.05, 0) is 30.0 Å². The van der Waals surface area contributed by atoms with Crippen molar-refractivity contribution in [2.75, 3.05) is 14.2 Å². The standard InChI is InChI=1S/C10H13NO/c1-11-7-6-9-4-3-5-10(8-9)12-2/h3-8,11H,1-2H3/b7-6+. The molecule has 0 aliphatic heterocycles. The molecule has 2 nitrogen and oxygen atoms in total. The zero-order valence-electron chi connectivity index (χ0n) is 7.37. The highest BCUT2D eigenvalue weighted by molar-refractivity contribution is 5.51. The molecule has 0 heterocycles. The third-order valence-electron chi connectivity index (χ3n) is 1.54. The Morgan fingerprint density at radius 1 is 1.42 bits per heavy atom. The van der Waals surface area contributed by atoms with Crippen LogP contribution in [0.25, 0.3) is 6.08 Å². The maximum absolute atomic E-state index is 5.08. The van der Waals surface area contributed by atoms with Crippen molar-refractivity contribution in [2.24, 2.45) is 0 Å². The number of hydrogen-bond acceptors (Lipinski definition) is 2. The topological polar surface area (TPSA) is 21.3 Å². The molecule has 0 saturated carbocycles. The summed E-state index contributed by atoms with van der Waals surface area (Å²) in [5, 5.41) is 2.93. The quantitative estimate of drug-likeness (QED) is 0.734. The van der Waals surface area contributed by atoms with Gasteiger partial charge in [0.1, 0.15) is 5.75 Å². The third kappa shape index (κ3) is 2.31. The molecule has 12 heavy (non-hydrogen) atoms. The highest BCUT2D eigenvalue weighted by Gasteiger charge is 1.89. The lowest BCUT2D eigenvalue weighted by Crippen LogP contribution is -1.90. The van der Waals surface area contributed by atoms with E-state index in [1.165, 1.54) is 0 Å². The average molecular weight is 163 g/mol. The van der Waals surface area contributed by atoms with Gasteiger partial charge in [-0.15, -0.1) is 0 Å². The molecule has 0 aliphatic carbocycles. The highest BCUT2D eigenvalue weighted by atomic mass is 16.5. The Labute approximate surface area is 72.9 Å². The molecule has 0 aliphatic rings. The second-order valence-corrected chi connectivity index (χ2v) is 2.40. The van der Waals surface area contributed by atoms with Crippen molar-refractivity contribution in [3.63, 3.8) is 0 Å². The molecule has 0 amide bonds. The van der Waals surface area contributed by atoms with E-state index in [0.29, 0.717) is 0 Å². The summed E-state index contributed by atoms with van der Waals surface area (Å²) in [4.78, 5) is 0. The van der Waals surface area contributed by atoms with Crippen LogP contribution >= 0.6 is 0 Å². The monoisotopic (exact) mass is 163 g/mol. The molecule has 0 atom stereocenters. The molecule has 0 spiro atoms. The second-order valence-electron chi connectivity index (χ2n) is 2.40. The summed E-state index contributed by atoms with van der Waals surface area (Å²) in [5.41, 5.74) is 1.13. The number of benzene rings is 1. The smallest absolute Gasteiger partial charge is 0.119 e. The minimum absolute atomic E-state index is 0.883. The summed E-state index contributed by atoms with van der Waals surface area (Å²) in [5.74, 6) is 0.883. The Morgan fingerprint density at radius 2 is 2.25 bits per heavy atom. The summed E-state index contributed by atoms with van der Waals surface area (Å²) in [6, 6.07) is 7.90. The van der Waals surface area contributed by atoms with Gasteiger partial charge in [-0.25, -0.2) is 0 Å². The Bertz CT molecular complexity index is 268. The Kier molecular flexibility index (Phi) is 3.20. The van der Waals surface area contributed by atoms with Gasteiger partial charge in [0, 0.05) is 7.05 Å². The molecule has 1 aromatic rings. The zero-order valence-corrected chi connectivity index (χ0v) is 7.37. The van der Waals surface area contributed by atoms with Gasteiger partial charge in [0.05, 0.1) is 7.11 Å². The maximum Gasteiger partial charge on any atom is 0.119 e. The van der Waals surface area contributed by atoms with E-state index in [2.05, 4.69) is 5.32 Å². The van der Waals surface area contributed by atoms with Crippen molar-refractivity contribution in [1.29, 1.82) is 0 Å². The van der Waals surface area contributed by atoms with E-state index >= 15 is 0 Å². The molecule has 0 aromatic heterocycles. The molecular formula is C10H13NO. The number of ether oxygens (including phenoxy) is 1. The second kappa shape index (κ2) is 4.44. The molecule has 2 heteroatoms. The van der Waals surface area contributed by atoms with Gasteiger partial charge < -0.3 is 10.1 Å². The first-order valence-corrected chi connectivity index (χ1v) is 3.84. The number of rotatable bonds is 3. The van der Waals surface area contributed by atoms with Crippen LogP contribution in [-0.4, -0.2) is 14.2 Å². The van der Waals surface area contributed by atoms with Gasteiger partial charge in [0.25, 0.3) is 0 Å². The fourth-order valence-corrected chi connectivity index (χ4v) is 0.925. The van der Waals surface area contributed by atoms with E-state index in [1.54, 1.807) is 7.11 Å². The van der Waals surface area contributed by atoms with Crippen molar-refractivity contribution >= 4 is 6.08 Å². The van der Waals surface area contributed by atoms with Crippen molar-refractivity contribution in [1.82, 2.24) is 5.32 Å². The van der Waals surface area contributed by atoms with Crippen molar-refractivity contribution in [2.45, 2.75) is 0 Å². The van der Waals surface area contributed by atoms with Crippen LogP contribution in [0.2, 0.25) is 0 Å². The molecule has 64 valence electrons. The van der Waals surface area contributed by atoms with Crippen LogP contribution < -0.4 is 10.1 Å². The Hall–Kier alpha value is -1.44. The third-order valence-corrected chi connectivity index (χ3v) is 1.54. The van der Waals surface area contributed by atoms with Gasteiger partial charge in [-0.1, -0.05) is 12.1 Å². The van der Waals surface area contributed by atoms with Crippen LogP contribution in [0.15, 0.2) is 30.5 Å². The first-order chi connectivity index (χ1) is 5.86. The van der Waals surface area contributed by atoms with Crippen LogP contribution in [0.1, 0.15) is 5.56 Å². The summed E-state index contributed by atoms with van der Waals surface area (Å²) in [7, 11) is 3.54. The SMILES string of the molecule is CN/C=C/c1cccc(OC)c1. The highest BCUT2D eigenvalue weighted by Crippen LogP contribution is 2.12. The fraction of sp³-hybridized carbons (Fsp3) is 0.200. The summed E-state index contributed by atoms with van der Waals surface area (Å²) in [6.07, 6.45) is 3.87. The zero-order chi connectivity index (χ0) is 8.81. The van der Waals surface area contributed by atoms with Gasteiger partial charge in [0.2, 0.25) is 0 Å². The molecule has 0 fully saturated rings. The van der Waals surface area contributed by atoms with Crippen molar-refractivity contribution in [3.05, 3.63) is 36.0 Å². The van der Waals surface area contributed by atoms with Crippen LogP contribution in [0.3, 0.4) is 0 Å². The Morgan fingerprint density at radius 3 is 2.92 bits per heavy atom. The molecule has 1 aromatic carbocycles. The predicted molar refractivity (Wildman–Crippen MR) is 51.1 cm³/mol. The average Bonchev–Trinajstić information content (AvgIpc) is 2.15. The summed E-state index contributed by atoms with van der Waals surface area (Å²) in [6.45, 7) is 0. The van der Waals surface area contributed by atoms with Crippen LogP contribution in [-0.2, 0) is 0 Å². The molecular weight excluding hydrogens is 150 g/mol. The van der Waals surface area contributed by atoms with Crippen LogP contribution in [0, 0.1) is 0 Å². The fourth-order valence-electron chi connectivity index (χ4n) is 0.925. The lowest BCUT2D eigenvalue weighted by atomic mass is 10.2. The van der Waals surface area contributed by atoms with E-state index < -0.39 is 0 Å². The van der Waals surface area contributed by atoms with E-state index in [0.717, 1.165) is 11.3 Å². The van der Waals surface area contributed by atoms with E-state index in [1.807, 2.05) is 43.6 Å². The van der Waals surface area contributed by atoms with Gasteiger partial charge in [0.15, 0.2) is 0 Å². The minimum Gasteiger partial charge on any atom is -0.497 e. The van der Waals surface area contributed by atoms with E-state index in [4.69, 9.17) is 4.74 Å². The number of nitrogens with one attached hydrogen (secondary N) is 1. The Balaban J connectivity index is 2.79.